The van der Waals surface area contributed by atoms with E-state index in [4.69, 9.17) is 6.11 Å². The molecule has 0 atom stereocenters. The van der Waals surface area contributed by atoms with Crippen LogP contribution >= 0.6 is 21.6 Å². The van der Waals surface area contributed by atoms with Crippen LogP contribution in [0.25, 0.3) is 0 Å². The summed E-state index contributed by atoms with van der Waals surface area (Å²) in [7, 11) is 3.06. The highest BCUT2D eigenvalue weighted by atomic mass is 33.1. The van der Waals surface area contributed by atoms with Gasteiger partial charge in [0.15, 0.2) is 0 Å². The Bertz CT molecular complexity index is 314. The predicted molar refractivity (Wildman–Crippen MR) is 61.3 cm³/mol. The fraction of sp³-hybridized carbons (Fsp3) is 0.300. The molecule has 0 N–H and O–H groups in total. The highest BCUT2D eigenvalue weighted by Gasteiger charge is 1.97. The van der Waals surface area contributed by atoms with Gasteiger partial charge < -0.3 is 4.74 Å². The van der Waals surface area contributed by atoms with E-state index in [1.807, 2.05) is 24.3 Å². The number of carbonyl (C=O) groups excluding carboxylic acids is 1. The van der Waals surface area contributed by atoms with Gasteiger partial charge in [-0.25, -0.2) is 0 Å². The normalized spacial score (nSPS) is 10.8. The van der Waals surface area contributed by atoms with Gasteiger partial charge in [-0.2, -0.15) is 0 Å². The van der Waals surface area contributed by atoms with Crippen LogP contribution in [0.2, 0.25) is 0 Å². The maximum Gasteiger partial charge on any atom is 0.302 e. The number of ether oxygens (including phenoxy) is 1. The second kappa shape index (κ2) is 5.98. The van der Waals surface area contributed by atoms with E-state index in [9.17, 15) is 4.79 Å². The SMILES string of the molecule is [2H]CSSc1ccc(COC(C)=O)cc1. The van der Waals surface area contributed by atoms with Crippen LogP contribution in [0.3, 0.4) is 0 Å². The van der Waals surface area contributed by atoms with Gasteiger partial charge in [-0.15, -0.1) is 0 Å². The summed E-state index contributed by atoms with van der Waals surface area (Å²) in [4.78, 5) is 11.7. The Kier molecular flexibility index (Phi) is 4.24. The number of hydrogen-bond donors (Lipinski definition) is 0. The average molecular weight is 229 g/mol. The van der Waals surface area contributed by atoms with Crippen molar-refractivity contribution < 1.29 is 10.9 Å². The molecule has 4 heteroatoms. The molecule has 0 spiro atoms. The van der Waals surface area contributed by atoms with E-state index in [2.05, 4.69) is 0 Å². The molecule has 0 saturated carbocycles. The lowest BCUT2D eigenvalue weighted by Gasteiger charge is -2.02. The first-order chi connectivity index (χ1) is 7.22. The average Bonchev–Trinajstić information content (AvgIpc) is 2.25. The quantitative estimate of drug-likeness (QED) is 0.585. The van der Waals surface area contributed by atoms with Crippen molar-refractivity contribution in [2.24, 2.45) is 0 Å². The third-order valence-corrected chi connectivity index (χ3v) is 3.03. The monoisotopic (exact) mass is 229 g/mol. The van der Waals surface area contributed by atoms with Gasteiger partial charge >= 0.3 is 5.97 Å². The molecule has 0 unspecified atom stereocenters. The van der Waals surface area contributed by atoms with E-state index in [-0.39, 0.29) is 5.97 Å². The number of benzene rings is 1. The highest BCUT2D eigenvalue weighted by Crippen LogP contribution is 2.28. The van der Waals surface area contributed by atoms with Crippen LogP contribution in [0.4, 0.5) is 0 Å². The van der Waals surface area contributed by atoms with Gasteiger partial charge in [-0.1, -0.05) is 33.7 Å². The molecule has 0 saturated heterocycles. The van der Waals surface area contributed by atoms with E-state index in [0.717, 1.165) is 10.5 Å². The zero-order valence-corrected chi connectivity index (χ0v) is 9.49. The van der Waals surface area contributed by atoms with Crippen molar-refractivity contribution >= 4 is 27.6 Å². The number of rotatable bonds is 4. The van der Waals surface area contributed by atoms with Crippen molar-refractivity contribution in [3.8, 4) is 0 Å². The lowest BCUT2D eigenvalue weighted by Crippen LogP contribution is -1.98. The molecule has 0 aromatic heterocycles. The lowest BCUT2D eigenvalue weighted by molar-refractivity contribution is -0.142. The Morgan fingerprint density at radius 3 is 2.79 bits per heavy atom. The third kappa shape index (κ3) is 4.07. The molecule has 0 bridgehead atoms. The van der Waals surface area contributed by atoms with Crippen LogP contribution in [0, 0.1) is 0 Å². The molecule has 0 radical (unpaired) electrons. The fourth-order valence-corrected chi connectivity index (χ4v) is 2.02. The van der Waals surface area contributed by atoms with E-state index in [1.54, 1.807) is 10.8 Å². The maximum atomic E-state index is 10.6. The van der Waals surface area contributed by atoms with Gasteiger partial charge in [0, 0.05) is 13.2 Å². The number of carbonyl (C=O) groups is 1. The van der Waals surface area contributed by atoms with Crippen molar-refractivity contribution in [1.29, 1.82) is 0 Å². The van der Waals surface area contributed by atoms with E-state index < -0.39 is 0 Å². The molecule has 0 heterocycles. The Hall–Kier alpha value is -0.610. The smallest absolute Gasteiger partial charge is 0.302 e. The Balaban J connectivity index is 2.45. The van der Waals surface area contributed by atoms with Gasteiger partial charge in [0.05, 0.1) is 0 Å². The minimum Gasteiger partial charge on any atom is -0.461 e. The van der Waals surface area contributed by atoms with Crippen LogP contribution in [-0.2, 0) is 16.1 Å². The highest BCUT2D eigenvalue weighted by molar-refractivity contribution is 8.76. The summed E-state index contributed by atoms with van der Waals surface area (Å²) in [6, 6.07) is 7.78. The molecule has 1 rings (SSSR count). The molecule has 1 aromatic carbocycles. The molecule has 76 valence electrons. The first-order valence-corrected chi connectivity index (χ1v) is 6.35. The molecule has 0 aliphatic heterocycles. The van der Waals surface area contributed by atoms with Crippen molar-refractivity contribution in [2.75, 3.05) is 6.23 Å². The summed E-state index contributed by atoms with van der Waals surface area (Å²) in [6.45, 7) is 1.72. The molecule has 14 heavy (non-hydrogen) atoms. The van der Waals surface area contributed by atoms with E-state index >= 15 is 0 Å². The van der Waals surface area contributed by atoms with Crippen LogP contribution in [0.15, 0.2) is 29.2 Å². The second-order valence-corrected chi connectivity index (χ2v) is 4.71. The molecule has 0 amide bonds. The first kappa shape index (κ1) is 9.93. The largest absolute Gasteiger partial charge is 0.461 e. The number of esters is 1. The summed E-state index contributed by atoms with van der Waals surface area (Å²) in [5.41, 5.74) is 0.977. The summed E-state index contributed by atoms with van der Waals surface area (Å²) >= 11 is 0. The fourth-order valence-electron chi connectivity index (χ4n) is 0.894. The van der Waals surface area contributed by atoms with Crippen molar-refractivity contribution in [3.63, 3.8) is 0 Å². The zero-order chi connectivity index (χ0) is 11.1. The van der Waals surface area contributed by atoms with Crippen molar-refractivity contribution in [2.45, 2.75) is 18.4 Å². The summed E-state index contributed by atoms with van der Waals surface area (Å²) in [5.74, 6) is -0.266. The van der Waals surface area contributed by atoms with Gasteiger partial charge in [0.2, 0.25) is 0 Å². The lowest BCUT2D eigenvalue weighted by atomic mass is 10.2. The van der Waals surface area contributed by atoms with Gasteiger partial charge in [-0.3, -0.25) is 4.79 Å². The third-order valence-electron chi connectivity index (χ3n) is 1.52. The van der Waals surface area contributed by atoms with Crippen LogP contribution in [-0.4, -0.2) is 12.2 Å². The summed E-state index contributed by atoms with van der Waals surface area (Å²) in [5, 5.41) is 0. The van der Waals surface area contributed by atoms with Crippen LogP contribution < -0.4 is 0 Å². The minimum absolute atomic E-state index is 0.266. The number of hydrogen-bond acceptors (Lipinski definition) is 4. The summed E-state index contributed by atoms with van der Waals surface area (Å²) in [6.07, 6.45) is 0.347. The Morgan fingerprint density at radius 2 is 2.21 bits per heavy atom. The van der Waals surface area contributed by atoms with Gasteiger partial charge in [0.25, 0.3) is 0 Å². The minimum atomic E-state index is -0.266. The maximum absolute atomic E-state index is 10.6. The molecule has 0 aliphatic carbocycles. The van der Waals surface area contributed by atoms with Crippen molar-refractivity contribution in [3.05, 3.63) is 29.8 Å². The first-order valence-electron chi connectivity index (χ1n) is 4.74. The van der Waals surface area contributed by atoms with E-state index in [0.29, 0.717) is 12.8 Å². The second-order valence-electron chi connectivity index (χ2n) is 2.63. The van der Waals surface area contributed by atoms with Crippen molar-refractivity contribution in [1.82, 2.24) is 0 Å². The van der Waals surface area contributed by atoms with Crippen LogP contribution in [0.5, 0.6) is 0 Å². The molecule has 2 nitrogen and oxygen atoms in total. The molecule has 0 fully saturated rings. The van der Waals surface area contributed by atoms with E-state index in [1.165, 1.54) is 17.7 Å². The van der Waals surface area contributed by atoms with Gasteiger partial charge in [-0.05, 0) is 23.9 Å². The molecular weight excluding hydrogens is 216 g/mol. The molecule has 0 aliphatic rings. The molecular formula is C10H12O2S2. The zero-order valence-electron chi connectivity index (χ0n) is 8.86. The Labute approximate surface area is 93.2 Å². The van der Waals surface area contributed by atoms with Gasteiger partial charge in [0.1, 0.15) is 6.61 Å². The summed E-state index contributed by atoms with van der Waals surface area (Å²) < 4.78 is 11.9. The predicted octanol–water partition coefficient (Wildman–Crippen LogP) is 3.12. The molecule has 1 aromatic rings. The standard InChI is InChI=1S/C10H12O2S2/c1-8(11)12-7-9-3-5-10(6-4-9)14-13-2/h3-6H,7H2,1-2H3/i2D. The Morgan fingerprint density at radius 1 is 1.50 bits per heavy atom. The topological polar surface area (TPSA) is 26.3 Å². The van der Waals surface area contributed by atoms with Crippen LogP contribution in [0.1, 0.15) is 13.9 Å².